The van der Waals surface area contributed by atoms with Crippen molar-refractivity contribution >= 4 is 103 Å². The van der Waals surface area contributed by atoms with E-state index >= 15 is 0 Å². The van der Waals surface area contributed by atoms with Crippen LogP contribution in [-0.4, -0.2) is 6.71 Å². The molecule has 0 amide bonds. The lowest BCUT2D eigenvalue weighted by atomic mass is 9.33. The SMILES string of the molecule is C.CC(C)(C)c1ccc(N(c2ccc(C(C)(C)C)cc2)c2cccc(N(c3ccc(C4CCCCC4)cc3)c3ccc(C4CCCCC4)cc3)c2Cl)cc1.CC(C)(C)c1ccc(N2c3ccc(C(C)(C)C)cc3B3c4cc(C5CCCCC5)ccc4N(c4ccc(C5CCCCC5)cc4)c4cccc2c43)cc1. The minimum absolute atomic E-state index is 0. The van der Waals surface area contributed by atoms with Gasteiger partial charge in [-0.3, -0.25) is 0 Å². The zero-order valence-electron chi connectivity index (χ0n) is 66.0. The molecule has 0 unspecified atom stereocenters. The minimum atomic E-state index is 0. The van der Waals surface area contributed by atoms with Gasteiger partial charge in [-0.25, -0.2) is 0 Å². The summed E-state index contributed by atoms with van der Waals surface area (Å²) in [4.78, 5) is 9.84. The van der Waals surface area contributed by atoms with Gasteiger partial charge in [0.1, 0.15) is 0 Å². The number of fused-ring (bicyclic) bond motifs is 4. The molecule has 0 N–H and O–H groups in total. The normalized spacial score (nSPS) is 16.7. The van der Waals surface area contributed by atoms with Crippen LogP contribution in [0.3, 0.4) is 0 Å². The smallest absolute Gasteiger partial charge is 0.252 e. The molecule has 0 saturated heterocycles. The topological polar surface area (TPSA) is 13.0 Å². The molecule has 4 nitrogen and oxygen atoms in total. The van der Waals surface area contributed by atoms with Crippen molar-refractivity contribution in [1.82, 2.24) is 0 Å². The van der Waals surface area contributed by atoms with Crippen LogP contribution in [0.2, 0.25) is 5.02 Å². The third-order valence-corrected chi connectivity index (χ3v) is 25.4. The van der Waals surface area contributed by atoms with Crippen molar-refractivity contribution < 1.29 is 0 Å². The first kappa shape index (κ1) is 75.6. The highest BCUT2D eigenvalue weighted by Gasteiger charge is 2.44. The molecule has 0 spiro atoms. The van der Waals surface area contributed by atoms with Gasteiger partial charge < -0.3 is 19.6 Å². The van der Waals surface area contributed by atoms with Gasteiger partial charge in [0.15, 0.2) is 0 Å². The highest BCUT2D eigenvalue weighted by atomic mass is 35.5. The van der Waals surface area contributed by atoms with Crippen molar-refractivity contribution in [1.29, 1.82) is 0 Å². The summed E-state index contributed by atoms with van der Waals surface area (Å²) in [5.41, 5.74) is 30.0. The summed E-state index contributed by atoms with van der Waals surface area (Å²) in [5.74, 6) is 2.67. The lowest BCUT2D eigenvalue weighted by Crippen LogP contribution is -2.61. The molecule has 16 rings (SSSR count). The predicted octanol–water partition coefficient (Wildman–Crippen LogP) is 29.1. The van der Waals surface area contributed by atoms with Crippen LogP contribution < -0.4 is 36.0 Å². The number of nitrogens with zero attached hydrogens (tertiary/aromatic N) is 4. The Morgan fingerprint density at radius 2 is 0.579 bits per heavy atom. The first-order chi connectivity index (χ1) is 51.0. The Hall–Kier alpha value is -8.25. The largest absolute Gasteiger partial charge is 0.311 e. The molecule has 6 aliphatic rings. The fraction of sp³-hybridized carbons (Fsp3) is 0.406. The van der Waals surface area contributed by atoms with E-state index in [0.29, 0.717) is 23.7 Å². The van der Waals surface area contributed by atoms with Gasteiger partial charge in [0.25, 0.3) is 6.71 Å². The maximum absolute atomic E-state index is 7.73. The van der Waals surface area contributed by atoms with E-state index in [9.17, 15) is 0 Å². The van der Waals surface area contributed by atoms with Crippen LogP contribution in [-0.2, 0) is 21.7 Å². The molecule has 0 radical (unpaired) electrons. The van der Waals surface area contributed by atoms with Crippen molar-refractivity contribution in [3.63, 3.8) is 0 Å². The van der Waals surface area contributed by atoms with Gasteiger partial charge in [-0.1, -0.05) is 288 Å². The Bertz CT molecular complexity index is 4540. The number of hydrogen-bond donors (Lipinski definition) is 0. The number of benzene rings is 10. The Kier molecular flexibility index (Phi) is 22.2. The van der Waals surface area contributed by atoms with Crippen LogP contribution in [0, 0.1) is 0 Å². The van der Waals surface area contributed by atoms with E-state index < -0.39 is 0 Å². The minimum Gasteiger partial charge on any atom is -0.311 e. The van der Waals surface area contributed by atoms with Gasteiger partial charge in [-0.2, -0.15) is 0 Å². The highest BCUT2D eigenvalue weighted by molar-refractivity contribution is 7.00. The lowest BCUT2D eigenvalue weighted by Gasteiger charge is -2.44. The first-order valence-corrected chi connectivity index (χ1v) is 41.4. The highest BCUT2D eigenvalue weighted by Crippen LogP contribution is 2.51. The fourth-order valence-electron chi connectivity index (χ4n) is 18.7. The van der Waals surface area contributed by atoms with Crippen LogP contribution in [0.1, 0.15) is 287 Å². The monoisotopic (exact) mass is 1430 g/mol. The Morgan fingerprint density at radius 3 is 0.944 bits per heavy atom. The van der Waals surface area contributed by atoms with Crippen molar-refractivity contribution in [2.45, 2.75) is 264 Å². The number of rotatable bonds is 12. The number of anilines is 12. The Morgan fingerprint density at radius 1 is 0.299 bits per heavy atom. The Balaban J connectivity index is 0.000000178. The maximum atomic E-state index is 7.73. The van der Waals surface area contributed by atoms with Crippen LogP contribution in [0.5, 0.6) is 0 Å². The van der Waals surface area contributed by atoms with Gasteiger partial charge >= 0.3 is 0 Å². The molecule has 4 aliphatic carbocycles. The van der Waals surface area contributed by atoms with Crippen molar-refractivity contribution in [2.75, 3.05) is 19.6 Å². The molecule has 107 heavy (non-hydrogen) atoms. The summed E-state index contributed by atoms with van der Waals surface area (Å²) in [6.45, 7) is 27.7. The van der Waals surface area contributed by atoms with Crippen LogP contribution in [0.4, 0.5) is 68.2 Å². The van der Waals surface area contributed by atoms with Crippen molar-refractivity contribution in [2.24, 2.45) is 0 Å². The second kappa shape index (κ2) is 31.4. The van der Waals surface area contributed by atoms with Gasteiger partial charge in [0.2, 0.25) is 0 Å². The zero-order valence-corrected chi connectivity index (χ0v) is 66.7. The second-order valence-electron chi connectivity index (χ2n) is 36.4. The molecule has 2 heterocycles. The third kappa shape index (κ3) is 15.9. The molecule has 2 aliphatic heterocycles. The lowest BCUT2D eigenvalue weighted by molar-refractivity contribution is 0.443. The molecule has 0 atom stereocenters. The van der Waals surface area contributed by atoms with Gasteiger partial charge in [-0.15, -0.1) is 0 Å². The molecule has 554 valence electrons. The van der Waals surface area contributed by atoms with E-state index in [1.54, 1.807) is 0 Å². The molecule has 0 aromatic heterocycles. The second-order valence-corrected chi connectivity index (χ2v) is 36.8. The molecule has 10 aromatic rings. The van der Waals surface area contributed by atoms with Crippen LogP contribution >= 0.6 is 11.6 Å². The van der Waals surface area contributed by atoms with E-state index in [4.69, 9.17) is 11.6 Å². The van der Waals surface area contributed by atoms with E-state index in [0.717, 1.165) is 39.1 Å². The standard InChI is InChI=1S/C50H57BN2.C50H59ClN2.CH4/c1-49(2,3)38-23-28-41(29-24-38)53-45-31-25-39(50(4,5)6)33-43(45)51-42-32-37(35-16-11-8-12-17-35)22-30-44(42)52(46-18-13-19-47(53)48(46)51)40-26-20-36(21-27-40)34-14-9-7-10-15-34;1-49(2,3)40-24-32-44(33-25-40)53(45-34-26-41(27-35-45)50(4,5)6)47-19-13-18-46(48(47)51)52(42-28-20-38(21-29-42)36-14-9-7-10-15-36)43-30-22-39(23-31-43)37-16-11-8-12-17-37;/h13,18-35H,7-12,14-17H2,1-6H3;13,18-37H,7-12,14-17H2,1-6H3;1H4. The summed E-state index contributed by atoms with van der Waals surface area (Å²) < 4.78 is 0. The summed E-state index contributed by atoms with van der Waals surface area (Å²) in [6, 6.07) is 84.4. The van der Waals surface area contributed by atoms with Crippen LogP contribution in [0.25, 0.3) is 0 Å². The first-order valence-electron chi connectivity index (χ1n) is 41.1. The van der Waals surface area contributed by atoms with Gasteiger partial charge in [0, 0.05) is 56.9 Å². The summed E-state index contributed by atoms with van der Waals surface area (Å²) in [5, 5.41) is 0.722. The van der Waals surface area contributed by atoms with Gasteiger partial charge in [-0.05, 0) is 267 Å². The molecule has 4 fully saturated rings. The Labute approximate surface area is 650 Å². The van der Waals surface area contributed by atoms with Crippen molar-refractivity contribution in [3.05, 3.63) is 268 Å². The summed E-state index contributed by atoms with van der Waals surface area (Å²) in [7, 11) is 0. The summed E-state index contributed by atoms with van der Waals surface area (Å²) >= 11 is 7.73. The van der Waals surface area contributed by atoms with E-state index in [2.05, 4.69) is 321 Å². The van der Waals surface area contributed by atoms with E-state index in [1.165, 1.54) is 223 Å². The van der Waals surface area contributed by atoms with Crippen molar-refractivity contribution in [3.8, 4) is 0 Å². The third-order valence-electron chi connectivity index (χ3n) is 25.1. The summed E-state index contributed by atoms with van der Waals surface area (Å²) in [6.07, 6.45) is 26.7. The zero-order chi connectivity index (χ0) is 73.7. The molecular formula is C101H120BClN4. The fourth-order valence-corrected chi connectivity index (χ4v) is 19.0. The molecule has 4 saturated carbocycles. The average molecular weight is 1440 g/mol. The molecule has 10 aromatic carbocycles. The average Bonchev–Trinajstić information content (AvgIpc) is 0.698. The maximum Gasteiger partial charge on any atom is 0.252 e. The van der Waals surface area contributed by atoms with Gasteiger partial charge in [0.05, 0.1) is 16.4 Å². The molecule has 0 bridgehead atoms. The molecular weight excluding hydrogens is 1320 g/mol. The molecule has 6 heteroatoms. The van der Waals surface area contributed by atoms with E-state index in [-0.39, 0.29) is 35.8 Å². The number of halogens is 1. The van der Waals surface area contributed by atoms with E-state index in [1.807, 2.05) is 0 Å². The predicted molar refractivity (Wildman–Crippen MR) is 466 cm³/mol. The number of hydrogen-bond acceptors (Lipinski definition) is 4. The van der Waals surface area contributed by atoms with Crippen LogP contribution in [0.15, 0.2) is 218 Å². The quantitative estimate of drug-likeness (QED) is 0.113.